The van der Waals surface area contributed by atoms with E-state index in [1.807, 2.05) is 24.3 Å². The molecule has 3 aliphatic rings. The third-order valence-corrected chi connectivity index (χ3v) is 6.09. The summed E-state index contributed by atoms with van der Waals surface area (Å²) in [7, 11) is 0. The molecule has 3 fully saturated rings. The predicted octanol–water partition coefficient (Wildman–Crippen LogP) is 4.07. The Bertz CT molecular complexity index is 716. The van der Waals surface area contributed by atoms with Gasteiger partial charge in [-0.2, -0.15) is 0 Å². The highest BCUT2D eigenvalue weighted by atomic mass is 16.2. The van der Waals surface area contributed by atoms with Gasteiger partial charge in [-0.15, -0.1) is 0 Å². The van der Waals surface area contributed by atoms with E-state index in [0.29, 0.717) is 17.8 Å². The minimum atomic E-state index is 0.262. The fourth-order valence-corrected chi connectivity index (χ4v) is 5.23. The van der Waals surface area contributed by atoms with E-state index < -0.39 is 0 Å². The molecule has 2 heteroatoms. The van der Waals surface area contributed by atoms with Crippen LogP contribution < -0.4 is 5.32 Å². The lowest BCUT2D eigenvalue weighted by molar-refractivity contribution is -0.118. The predicted molar refractivity (Wildman–Crippen MR) is 83.9 cm³/mol. The van der Waals surface area contributed by atoms with E-state index in [1.165, 1.54) is 24.6 Å². The molecule has 2 nitrogen and oxygen atoms in total. The maximum absolute atomic E-state index is 12.6. The molecule has 21 heavy (non-hydrogen) atoms. The van der Waals surface area contributed by atoms with E-state index in [2.05, 4.69) is 23.5 Å². The van der Waals surface area contributed by atoms with Gasteiger partial charge in [-0.05, 0) is 54.4 Å². The summed E-state index contributed by atoms with van der Waals surface area (Å²) in [6.45, 7) is 0. The highest BCUT2D eigenvalue weighted by molar-refractivity contribution is 6.03. The minimum absolute atomic E-state index is 0.262. The van der Waals surface area contributed by atoms with Crippen molar-refractivity contribution in [3.63, 3.8) is 0 Å². The number of hydrogen-bond acceptors (Lipinski definition) is 1. The van der Waals surface area contributed by atoms with Gasteiger partial charge in [0, 0.05) is 17.0 Å². The second-order valence-corrected chi connectivity index (χ2v) is 7.03. The van der Waals surface area contributed by atoms with Gasteiger partial charge in [0.15, 0.2) is 0 Å². The normalized spacial score (nSPS) is 35.7. The molecule has 0 aromatic heterocycles. The van der Waals surface area contributed by atoms with Gasteiger partial charge in [0.1, 0.15) is 0 Å². The van der Waals surface area contributed by atoms with E-state index in [0.717, 1.165) is 22.9 Å². The summed E-state index contributed by atoms with van der Waals surface area (Å²) < 4.78 is 0. The van der Waals surface area contributed by atoms with Crippen molar-refractivity contribution in [1.82, 2.24) is 0 Å². The summed E-state index contributed by atoms with van der Waals surface area (Å²) in [6.07, 6.45) is 4.13. The topological polar surface area (TPSA) is 29.1 Å². The molecular formula is C19H19NO. The molecule has 4 atom stereocenters. The Hall–Kier alpha value is -1.83. The van der Waals surface area contributed by atoms with Gasteiger partial charge in [0.2, 0.25) is 5.91 Å². The van der Waals surface area contributed by atoms with Gasteiger partial charge in [0.05, 0.1) is 0 Å². The first-order valence-electron chi connectivity index (χ1n) is 8.11. The molecule has 1 amide bonds. The lowest BCUT2D eigenvalue weighted by atomic mass is 10.0. The van der Waals surface area contributed by atoms with Gasteiger partial charge in [-0.25, -0.2) is 0 Å². The number of benzene rings is 2. The van der Waals surface area contributed by atoms with Gasteiger partial charge >= 0.3 is 0 Å². The molecule has 0 saturated heterocycles. The van der Waals surface area contributed by atoms with Crippen LogP contribution in [-0.4, -0.2) is 5.91 Å². The first-order chi connectivity index (χ1) is 10.3. The highest BCUT2D eigenvalue weighted by Crippen LogP contribution is 2.69. The quantitative estimate of drug-likeness (QED) is 0.880. The Kier molecular flexibility index (Phi) is 2.30. The SMILES string of the molecule is O=C(Nc1cccc2ccccc12)C1[C@@H]2[C@H]3CC[C@@H](C3)[C@@H]12. The molecule has 5 rings (SSSR count). The summed E-state index contributed by atoms with van der Waals surface area (Å²) >= 11 is 0. The second kappa shape index (κ2) is 4.09. The Morgan fingerprint density at radius 2 is 1.67 bits per heavy atom. The van der Waals surface area contributed by atoms with Crippen molar-refractivity contribution in [2.24, 2.45) is 29.6 Å². The molecule has 1 N–H and O–H groups in total. The zero-order valence-corrected chi connectivity index (χ0v) is 12.0. The van der Waals surface area contributed by atoms with Crippen LogP contribution in [-0.2, 0) is 4.79 Å². The fourth-order valence-electron chi connectivity index (χ4n) is 5.23. The molecule has 0 unspecified atom stereocenters. The molecular weight excluding hydrogens is 258 g/mol. The molecule has 0 aliphatic heterocycles. The van der Waals surface area contributed by atoms with Crippen LogP contribution in [0.4, 0.5) is 5.69 Å². The first-order valence-corrected chi connectivity index (χ1v) is 8.11. The van der Waals surface area contributed by atoms with Crippen LogP contribution in [0.5, 0.6) is 0 Å². The number of carbonyl (C=O) groups excluding carboxylic acids is 1. The Balaban J connectivity index is 1.41. The second-order valence-electron chi connectivity index (χ2n) is 7.03. The lowest BCUT2D eigenvalue weighted by Gasteiger charge is -2.11. The van der Waals surface area contributed by atoms with Crippen LogP contribution in [0.15, 0.2) is 42.5 Å². The van der Waals surface area contributed by atoms with E-state index in [1.54, 1.807) is 0 Å². The standard InChI is InChI=1S/C19H19NO/c21-19(18-16-12-8-9-13(10-12)17(16)18)20-15-7-3-5-11-4-1-2-6-14(11)15/h1-7,12-13,16-18H,8-10H2,(H,20,21)/t12-,13-,16+,17+/m0/s1. The van der Waals surface area contributed by atoms with Crippen molar-refractivity contribution < 1.29 is 4.79 Å². The van der Waals surface area contributed by atoms with Crippen molar-refractivity contribution in [3.8, 4) is 0 Å². The summed E-state index contributed by atoms with van der Waals surface area (Å²) in [5, 5.41) is 5.53. The summed E-state index contributed by atoms with van der Waals surface area (Å²) in [6, 6.07) is 14.4. The van der Waals surface area contributed by atoms with Crippen LogP contribution in [0, 0.1) is 29.6 Å². The number of rotatable bonds is 2. The van der Waals surface area contributed by atoms with E-state index >= 15 is 0 Å². The number of carbonyl (C=O) groups is 1. The largest absolute Gasteiger partial charge is 0.325 e. The third kappa shape index (κ3) is 1.62. The van der Waals surface area contributed by atoms with Gasteiger partial charge in [-0.3, -0.25) is 4.79 Å². The van der Waals surface area contributed by atoms with Crippen molar-refractivity contribution >= 4 is 22.4 Å². The van der Waals surface area contributed by atoms with Crippen LogP contribution >= 0.6 is 0 Å². The number of hydrogen-bond donors (Lipinski definition) is 1. The van der Waals surface area contributed by atoms with Crippen molar-refractivity contribution in [2.45, 2.75) is 19.3 Å². The summed E-state index contributed by atoms with van der Waals surface area (Å²) in [5.41, 5.74) is 0.968. The number of fused-ring (bicyclic) bond motifs is 6. The average Bonchev–Trinajstić information content (AvgIpc) is 2.96. The molecule has 2 aromatic carbocycles. The number of nitrogens with one attached hydrogen (secondary N) is 1. The molecule has 3 saturated carbocycles. The number of amides is 1. The third-order valence-electron chi connectivity index (χ3n) is 6.09. The van der Waals surface area contributed by atoms with E-state index in [9.17, 15) is 4.79 Å². The molecule has 3 aliphatic carbocycles. The Morgan fingerprint density at radius 3 is 2.48 bits per heavy atom. The maximum Gasteiger partial charge on any atom is 0.228 e. The van der Waals surface area contributed by atoms with Crippen molar-refractivity contribution in [1.29, 1.82) is 0 Å². The monoisotopic (exact) mass is 277 g/mol. The van der Waals surface area contributed by atoms with E-state index in [4.69, 9.17) is 0 Å². The molecule has 0 heterocycles. The molecule has 2 bridgehead atoms. The first kappa shape index (κ1) is 11.8. The summed E-state index contributed by atoms with van der Waals surface area (Å²) in [4.78, 5) is 12.6. The Labute approximate surface area is 124 Å². The molecule has 0 spiro atoms. The highest BCUT2D eigenvalue weighted by Gasteiger charge is 2.67. The van der Waals surface area contributed by atoms with Crippen LogP contribution in [0.1, 0.15) is 19.3 Å². The van der Waals surface area contributed by atoms with Crippen LogP contribution in [0.2, 0.25) is 0 Å². The van der Waals surface area contributed by atoms with Gasteiger partial charge in [-0.1, -0.05) is 36.4 Å². The van der Waals surface area contributed by atoms with Crippen LogP contribution in [0.3, 0.4) is 0 Å². The molecule has 106 valence electrons. The zero-order valence-electron chi connectivity index (χ0n) is 12.0. The smallest absolute Gasteiger partial charge is 0.228 e. The molecule has 0 radical (unpaired) electrons. The van der Waals surface area contributed by atoms with E-state index in [-0.39, 0.29) is 5.91 Å². The average molecular weight is 277 g/mol. The lowest BCUT2D eigenvalue weighted by Crippen LogP contribution is -2.18. The minimum Gasteiger partial charge on any atom is -0.325 e. The summed E-state index contributed by atoms with van der Waals surface area (Å²) in [5.74, 6) is 3.68. The fraction of sp³-hybridized carbons (Fsp3) is 0.421. The van der Waals surface area contributed by atoms with Gasteiger partial charge in [0.25, 0.3) is 0 Å². The van der Waals surface area contributed by atoms with Crippen LogP contribution in [0.25, 0.3) is 10.8 Å². The zero-order chi connectivity index (χ0) is 14.0. The van der Waals surface area contributed by atoms with Crippen molar-refractivity contribution in [2.75, 3.05) is 5.32 Å². The maximum atomic E-state index is 12.6. The Morgan fingerprint density at radius 1 is 0.952 bits per heavy atom. The van der Waals surface area contributed by atoms with Gasteiger partial charge < -0.3 is 5.32 Å². The molecule has 2 aromatic rings. The van der Waals surface area contributed by atoms with Crippen molar-refractivity contribution in [3.05, 3.63) is 42.5 Å². The number of anilines is 1.